The molecule has 0 bridgehead atoms. The van der Waals surface area contributed by atoms with Gasteiger partial charge in [0.05, 0.1) is 33.6 Å². The number of hydrogen-bond acceptors (Lipinski definition) is 8. The van der Waals surface area contributed by atoms with Gasteiger partial charge in [0.25, 0.3) is 0 Å². The Labute approximate surface area is 397 Å². The second-order valence-electron chi connectivity index (χ2n) is 20.7. The Hall–Kier alpha value is -3.75. The van der Waals surface area contributed by atoms with E-state index in [2.05, 4.69) is 50.8 Å². The smallest absolute Gasteiger partial charge is 0.405 e. The molecule has 0 unspecified atom stereocenters. The first kappa shape index (κ1) is 50.7. The number of amides is 2. The van der Waals surface area contributed by atoms with Gasteiger partial charge in [0.15, 0.2) is 0 Å². The zero-order chi connectivity index (χ0) is 46.5. The Morgan fingerprint density at radius 3 is 1.05 bits per heavy atom. The molecule has 3 fully saturated rings. The largest absolute Gasteiger partial charge is 0.494 e. The van der Waals surface area contributed by atoms with Crippen molar-refractivity contribution in [1.29, 1.82) is 0 Å². The molecular weight excluding hydrogens is 881 g/mol. The van der Waals surface area contributed by atoms with Crippen molar-refractivity contribution >= 4 is 65.7 Å². The van der Waals surface area contributed by atoms with Gasteiger partial charge in [0.1, 0.15) is 0 Å². The quantitative estimate of drug-likeness (QED) is 0.184. The standard InChI is InChI=1S/C22H26BNO3.C16H14BrNO.C12H24B2O4.CH4/c1-21(2)22(3,4)27-23(26-21)18-9-11-19(12-10-18)24-20(25)17-13-15-7-5-6-8-16(15)14-17;17-14-5-7-15(8-6-14)18-16(19)13-9-11-3-1-2-4-12(11)10-13;1-9(2)10(3,4)16-13(15-9)14-17-11(5,6)12(7,8)18-14;/h5-12,17H,13-14H2,1-4H3,(H,24,25);1-8,13H,9-10H2,(H,18,19);1-8H3;1H4. The van der Waals surface area contributed by atoms with Gasteiger partial charge in [-0.25, -0.2) is 0 Å². The maximum absolute atomic E-state index is 12.6. The molecule has 9 rings (SSSR count). The molecule has 0 spiro atoms. The topological polar surface area (TPSA) is 114 Å². The molecule has 2 N–H and O–H groups in total. The first-order chi connectivity index (χ1) is 29.9. The number of rotatable bonds is 6. The third-order valence-corrected chi connectivity index (χ3v) is 15.0. The Balaban J connectivity index is 0.000000165. The Morgan fingerprint density at radius 1 is 0.462 bits per heavy atom. The van der Waals surface area contributed by atoms with Crippen LogP contribution >= 0.6 is 15.9 Å². The van der Waals surface area contributed by atoms with Crippen LogP contribution in [0.5, 0.6) is 0 Å². The molecule has 4 aromatic carbocycles. The summed E-state index contributed by atoms with van der Waals surface area (Å²) in [5.41, 5.74) is 5.63. The minimum absolute atomic E-state index is 0. The molecule has 65 heavy (non-hydrogen) atoms. The van der Waals surface area contributed by atoms with Gasteiger partial charge in [-0.05, 0) is 173 Å². The van der Waals surface area contributed by atoms with Crippen molar-refractivity contribution in [2.75, 3.05) is 10.6 Å². The minimum Gasteiger partial charge on any atom is -0.405 e. The van der Waals surface area contributed by atoms with E-state index < -0.39 is 14.0 Å². The third-order valence-electron chi connectivity index (χ3n) is 14.4. The van der Waals surface area contributed by atoms with Gasteiger partial charge in [-0.15, -0.1) is 0 Å². The summed E-state index contributed by atoms with van der Waals surface area (Å²) >= 11 is 3.38. The lowest BCUT2D eigenvalue weighted by molar-refractivity contribution is -0.120. The van der Waals surface area contributed by atoms with Crippen LogP contribution in [0.15, 0.2) is 102 Å². The van der Waals surface area contributed by atoms with E-state index in [1.807, 2.05) is 156 Å². The summed E-state index contributed by atoms with van der Waals surface area (Å²) in [5, 5.41) is 6.03. The minimum atomic E-state index is -0.476. The van der Waals surface area contributed by atoms with Crippen molar-refractivity contribution in [3.05, 3.63) is 124 Å². The summed E-state index contributed by atoms with van der Waals surface area (Å²) in [5.74, 6) is 0.249. The second kappa shape index (κ2) is 19.1. The van der Waals surface area contributed by atoms with Gasteiger partial charge < -0.3 is 38.6 Å². The highest BCUT2D eigenvalue weighted by atomic mass is 79.9. The predicted molar refractivity (Wildman–Crippen MR) is 267 cm³/mol. The van der Waals surface area contributed by atoms with E-state index >= 15 is 0 Å². The average molecular weight is 949 g/mol. The molecule has 2 aliphatic carbocycles. The summed E-state index contributed by atoms with van der Waals surface area (Å²) in [7, 11) is -1.34. The van der Waals surface area contributed by atoms with Crippen LogP contribution in [0.4, 0.5) is 11.4 Å². The lowest BCUT2D eigenvalue weighted by atomic mass is 9.49. The van der Waals surface area contributed by atoms with E-state index in [0.717, 1.165) is 47.0 Å². The Morgan fingerprint density at radius 2 is 0.738 bits per heavy atom. The van der Waals surface area contributed by atoms with Crippen molar-refractivity contribution in [2.45, 2.75) is 150 Å². The fraction of sp³-hybridized carbons (Fsp3) is 0.490. The highest BCUT2D eigenvalue weighted by Crippen LogP contribution is 2.43. The summed E-state index contributed by atoms with van der Waals surface area (Å²) in [4.78, 5) is 24.9. The van der Waals surface area contributed by atoms with Crippen LogP contribution in [0.2, 0.25) is 0 Å². The van der Waals surface area contributed by atoms with Crippen LogP contribution in [0.3, 0.4) is 0 Å². The van der Waals surface area contributed by atoms with Crippen LogP contribution in [-0.4, -0.2) is 66.6 Å². The van der Waals surface area contributed by atoms with Gasteiger partial charge in [-0.2, -0.15) is 0 Å². The number of carbonyl (C=O) groups excluding carboxylic acids is 2. The number of anilines is 2. The molecule has 4 aromatic rings. The molecule has 3 heterocycles. The van der Waals surface area contributed by atoms with Crippen LogP contribution in [0.25, 0.3) is 0 Å². The zero-order valence-corrected chi connectivity index (χ0v) is 41.2. The van der Waals surface area contributed by atoms with Crippen LogP contribution in [0.1, 0.15) is 113 Å². The van der Waals surface area contributed by atoms with E-state index in [-0.39, 0.29) is 71.8 Å². The molecule has 5 aliphatic rings. The van der Waals surface area contributed by atoms with Crippen LogP contribution in [0, 0.1) is 11.8 Å². The lowest BCUT2D eigenvalue weighted by Gasteiger charge is -2.32. The maximum atomic E-state index is 12.6. The highest BCUT2D eigenvalue weighted by molar-refractivity contribution is 9.10. The molecule has 2 amide bonds. The first-order valence-electron chi connectivity index (χ1n) is 22.5. The SMILES string of the molecule is C.CC1(C)OB(B2OC(C)(C)C(C)(C)O2)OC1(C)C.CC1(C)OB(c2ccc(NC(=O)C3Cc4ccccc4C3)cc2)OC1(C)C.O=C(Nc1ccc(Br)cc1)C1Cc2ccccc2C1. The molecule has 0 radical (unpaired) electrons. The molecule has 346 valence electrons. The zero-order valence-electron chi connectivity index (χ0n) is 39.6. The highest BCUT2D eigenvalue weighted by Gasteiger charge is 2.63. The number of carbonyl (C=O) groups is 2. The van der Waals surface area contributed by atoms with Crippen molar-refractivity contribution < 1.29 is 37.5 Å². The maximum Gasteiger partial charge on any atom is 0.494 e. The second-order valence-corrected chi connectivity index (χ2v) is 21.6. The predicted octanol–water partition coefficient (Wildman–Crippen LogP) is 10.0. The van der Waals surface area contributed by atoms with Gasteiger partial charge in [-0.1, -0.05) is 84.0 Å². The molecule has 10 nitrogen and oxygen atoms in total. The number of halogens is 1. The van der Waals surface area contributed by atoms with E-state index in [9.17, 15) is 9.59 Å². The summed E-state index contributed by atoms with van der Waals surface area (Å²) in [6.45, 7) is 24.4. The molecular formula is C51H68B3BrN2O8. The van der Waals surface area contributed by atoms with Crippen molar-refractivity contribution in [3.63, 3.8) is 0 Å². The summed E-state index contributed by atoms with van der Waals surface area (Å²) < 4.78 is 37.0. The van der Waals surface area contributed by atoms with Crippen LogP contribution < -0.4 is 16.1 Å². The molecule has 0 saturated carbocycles. The first-order valence-corrected chi connectivity index (χ1v) is 23.3. The molecule has 0 aromatic heterocycles. The van der Waals surface area contributed by atoms with Crippen molar-refractivity contribution in [3.8, 4) is 0 Å². The number of hydrogen-bond donors (Lipinski definition) is 2. The fourth-order valence-corrected chi connectivity index (χ4v) is 8.48. The number of fused-ring (bicyclic) bond motifs is 2. The molecule has 3 aliphatic heterocycles. The van der Waals surface area contributed by atoms with Crippen molar-refractivity contribution in [2.24, 2.45) is 11.8 Å². The normalized spacial score (nSPS) is 21.5. The van der Waals surface area contributed by atoms with E-state index in [1.54, 1.807) is 0 Å². The van der Waals surface area contributed by atoms with Gasteiger partial charge >= 0.3 is 21.1 Å². The van der Waals surface area contributed by atoms with Crippen molar-refractivity contribution in [1.82, 2.24) is 0 Å². The number of nitrogens with one attached hydrogen (secondary N) is 2. The number of benzene rings is 4. The van der Waals surface area contributed by atoms with E-state index in [1.165, 1.54) is 22.3 Å². The molecule has 3 saturated heterocycles. The molecule has 14 heteroatoms. The van der Waals surface area contributed by atoms with E-state index in [4.69, 9.17) is 27.9 Å². The van der Waals surface area contributed by atoms with Crippen LogP contribution in [-0.2, 0) is 63.2 Å². The lowest BCUT2D eigenvalue weighted by Crippen LogP contribution is -2.41. The fourth-order valence-electron chi connectivity index (χ4n) is 8.21. The van der Waals surface area contributed by atoms with Gasteiger partial charge in [-0.3, -0.25) is 9.59 Å². The average Bonchev–Trinajstić information content (AvgIpc) is 4.00. The Bertz CT molecular complexity index is 2190. The molecule has 0 atom stereocenters. The summed E-state index contributed by atoms with van der Waals surface area (Å²) in [6, 6.07) is 32.0. The van der Waals surface area contributed by atoms with Gasteiger partial charge in [0.2, 0.25) is 11.8 Å². The third kappa shape index (κ3) is 11.2. The monoisotopic (exact) mass is 948 g/mol. The van der Waals surface area contributed by atoms with Gasteiger partial charge in [0, 0.05) is 27.7 Å². The van der Waals surface area contributed by atoms with E-state index in [0.29, 0.717) is 0 Å². The summed E-state index contributed by atoms with van der Waals surface area (Å²) in [6.07, 6.45) is 3.32. The Kier molecular flexibility index (Phi) is 14.9.